The number of fused-ring (bicyclic) bond motifs is 1. The van der Waals surface area contributed by atoms with E-state index >= 15 is 0 Å². The van der Waals surface area contributed by atoms with Gasteiger partial charge in [0.1, 0.15) is 5.52 Å². The van der Waals surface area contributed by atoms with Crippen LogP contribution in [0.15, 0.2) is 22.6 Å². The Hall–Kier alpha value is -1.88. The molecule has 1 amide bonds. The van der Waals surface area contributed by atoms with Crippen molar-refractivity contribution >= 4 is 22.7 Å². The molecule has 5 nitrogen and oxygen atoms in total. The number of hydrogen-bond donors (Lipinski definition) is 1. The predicted octanol–water partition coefficient (Wildman–Crippen LogP) is 3.07. The molecule has 106 valence electrons. The number of carbonyl (C=O) groups is 1. The number of hydrogen-bond acceptors (Lipinski definition) is 4. The van der Waals surface area contributed by atoms with E-state index in [9.17, 15) is 4.79 Å². The number of aromatic nitrogens is 1. The Labute approximate surface area is 117 Å². The normalized spacial score (nSPS) is 14.7. The van der Waals surface area contributed by atoms with Crippen molar-refractivity contribution in [2.75, 3.05) is 18.5 Å². The summed E-state index contributed by atoms with van der Waals surface area (Å²) in [7, 11) is 0. The molecule has 3 rings (SSSR count). The summed E-state index contributed by atoms with van der Waals surface area (Å²) in [6.45, 7) is 2.98. The van der Waals surface area contributed by atoms with E-state index in [0.717, 1.165) is 35.5 Å². The average Bonchev–Trinajstić information content (AvgIpc) is 3.19. The van der Waals surface area contributed by atoms with Gasteiger partial charge in [-0.05, 0) is 31.9 Å². The number of rotatable bonds is 6. The lowest BCUT2D eigenvalue weighted by Crippen LogP contribution is -2.13. The van der Waals surface area contributed by atoms with Gasteiger partial charge in [0, 0.05) is 24.3 Å². The maximum atomic E-state index is 11.7. The summed E-state index contributed by atoms with van der Waals surface area (Å²) < 4.78 is 10.9. The maximum Gasteiger partial charge on any atom is 0.226 e. The lowest BCUT2D eigenvalue weighted by Gasteiger charge is -2.04. The van der Waals surface area contributed by atoms with E-state index in [2.05, 4.69) is 10.3 Å². The largest absolute Gasteiger partial charge is 0.440 e. The molecular formula is C15H18N2O3. The van der Waals surface area contributed by atoms with Crippen LogP contribution in [0.2, 0.25) is 0 Å². The van der Waals surface area contributed by atoms with Crippen LogP contribution in [0.1, 0.15) is 38.0 Å². The molecule has 2 aromatic rings. The number of nitrogens with one attached hydrogen (secondary N) is 1. The molecule has 0 atom stereocenters. The van der Waals surface area contributed by atoms with E-state index in [1.807, 2.05) is 25.1 Å². The Morgan fingerprint density at radius 2 is 2.35 bits per heavy atom. The van der Waals surface area contributed by atoms with Gasteiger partial charge in [0.2, 0.25) is 5.91 Å². The van der Waals surface area contributed by atoms with Crippen LogP contribution in [0.4, 0.5) is 5.69 Å². The van der Waals surface area contributed by atoms with E-state index < -0.39 is 0 Å². The van der Waals surface area contributed by atoms with Crippen LogP contribution in [0, 0.1) is 0 Å². The number of nitrogens with zero attached hydrogens (tertiary/aromatic N) is 1. The van der Waals surface area contributed by atoms with Gasteiger partial charge in [-0.2, -0.15) is 0 Å². The fraction of sp³-hybridized carbons (Fsp3) is 0.467. The van der Waals surface area contributed by atoms with Gasteiger partial charge in [-0.1, -0.05) is 0 Å². The fourth-order valence-corrected chi connectivity index (χ4v) is 2.06. The fourth-order valence-electron chi connectivity index (χ4n) is 2.06. The minimum Gasteiger partial charge on any atom is -0.440 e. The van der Waals surface area contributed by atoms with E-state index in [1.165, 1.54) is 0 Å². The highest BCUT2D eigenvalue weighted by atomic mass is 16.5. The van der Waals surface area contributed by atoms with Crippen LogP contribution >= 0.6 is 0 Å². The van der Waals surface area contributed by atoms with Crippen molar-refractivity contribution in [2.45, 2.75) is 32.1 Å². The minimum atomic E-state index is -0.0558. The third-order valence-corrected chi connectivity index (χ3v) is 3.29. The zero-order chi connectivity index (χ0) is 13.9. The molecule has 0 saturated heterocycles. The number of carbonyl (C=O) groups excluding carboxylic acids is 1. The number of anilines is 1. The number of ether oxygens (including phenoxy) is 1. The first-order valence-corrected chi connectivity index (χ1v) is 7.04. The first-order chi connectivity index (χ1) is 9.76. The Kier molecular flexibility index (Phi) is 3.69. The molecule has 1 saturated carbocycles. The van der Waals surface area contributed by atoms with Gasteiger partial charge in [0.05, 0.1) is 13.0 Å². The van der Waals surface area contributed by atoms with Crippen molar-refractivity contribution in [1.82, 2.24) is 4.98 Å². The number of amides is 1. The SMILES string of the molecule is CCOCCC(=O)Nc1ccc2nc(C3CC3)oc2c1. The molecule has 1 heterocycles. The van der Waals surface area contributed by atoms with E-state index in [0.29, 0.717) is 25.6 Å². The molecule has 1 aliphatic rings. The Morgan fingerprint density at radius 3 is 3.10 bits per heavy atom. The van der Waals surface area contributed by atoms with Gasteiger partial charge in [0.25, 0.3) is 0 Å². The van der Waals surface area contributed by atoms with Crippen molar-refractivity contribution < 1.29 is 13.9 Å². The van der Waals surface area contributed by atoms with E-state index in [1.54, 1.807) is 0 Å². The van der Waals surface area contributed by atoms with Gasteiger partial charge in [-0.25, -0.2) is 4.98 Å². The van der Waals surface area contributed by atoms with Crippen LogP contribution in [-0.2, 0) is 9.53 Å². The third kappa shape index (κ3) is 2.99. The van der Waals surface area contributed by atoms with E-state index in [-0.39, 0.29) is 5.91 Å². The van der Waals surface area contributed by atoms with Gasteiger partial charge in [0.15, 0.2) is 11.5 Å². The highest BCUT2D eigenvalue weighted by Crippen LogP contribution is 2.40. The second-order valence-electron chi connectivity index (χ2n) is 5.00. The molecule has 1 N–H and O–H groups in total. The monoisotopic (exact) mass is 274 g/mol. The van der Waals surface area contributed by atoms with Crippen molar-refractivity contribution in [3.8, 4) is 0 Å². The third-order valence-electron chi connectivity index (χ3n) is 3.29. The van der Waals surface area contributed by atoms with Gasteiger partial charge in [-0.15, -0.1) is 0 Å². The minimum absolute atomic E-state index is 0.0558. The molecule has 0 unspecified atom stereocenters. The molecule has 0 bridgehead atoms. The van der Waals surface area contributed by atoms with Crippen LogP contribution in [0.25, 0.3) is 11.1 Å². The Balaban J connectivity index is 1.67. The summed E-state index contributed by atoms with van der Waals surface area (Å²) in [5.41, 5.74) is 2.31. The lowest BCUT2D eigenvalue weighted by atomic mass is 10.3. The molecule has 20 heavy (non-hydrogen) atoms. The van der Waals surface area contributed by atoms with Gasteiger partial charge in [-0.3, -0.25) is 4.79 Å². The summed E-state index contributed by atoms with van der Waals surface area (Å²) in [5, 5.41) is 2.84. The molecular weight excluding hydrogens is 256 g/mol. The highest BCUT2D eigenvalue weighted by Gasteiger charge is 2.28. The second-order valence-corrected chi connectivity index (χ2v) is 5.00. The first-order valence-electron chi connectivity index (χ1n) is 7.04. The summed E-state index contributed by atoms with van der Waals surface area (Å²) >= 11 is 0. The summed E-state index contributed by atoms with van der Waals surface area (Å²) in [6, 6.07) is 5.55. The van der Waals surface area contributed by atoms with E-state index in [4.69, 9.17) is 9.15 Å². The zero-order valence-corrected chi connectivity index (χ0v) is 11.5. The number of oxazole rings is 1. The van der Waals surface area contributed by atoms with Crippen LogP contribution in [-0.4, -0.2) is 24.1 Å². The Bertz CT molecular complexity index is 617. The van der Waals surface area contributed by atoms with Gasteiger partial charge >= 0.3 is 0 Å². The topological polar surface area (TPSA) is 64.4 Å². The smallest absolute Gasteiger partial charge is 0.226 e. The molecule has 0 aliphatic heterocycles. The first kappa shape index (κ1) is 13.1. The zero-order valence-electron chi connectivity index (χ0n) is 11.5. The Morgan fingerprint density at radius 1 is 1.50 bits per heavy atom. The lowest BCUT2D eigenvalue weighted by molar-refractivity contribution is -0.117. The van der Waals surface area contributed by atoms with Crippen LogP contribution in [0.5, 0.6) is 0 Å². The molecule has 0 radical (unpaired) electrons. The van der Waals surface area contributed by atoms with Crippen LogP contribution in [0.3, 0.4) is 0 Å². The van der Waals surface area contributed by atoms with Crippen molar-refractivity contribution in [1.29, 1.82) is 0 Å². The predicted molar refractivity (Wildman–Crippen MR) is 75.7 cm³/mol. The molecule has 1 aromatic carbocycles. The summed E-state index contributed by atoms with van der Waals surface area (Å²) in [4.78, 5) is 16.2. The van der Waals surface area contributed by atoms with Crippen molar-refractivity contribution in [2.24, 2.45) is 0 Å². The maximum absolute atomic E-state index is 11.7. The van der Waals surface area contributed by atoms with Crippen molar-refractivity contribution in [3.63, 3.8) is 0 Å². The highest BCUT2D eigenvalue weighted by molar-refractivity contribution is 5.92. The molecule has 1 aromatic heterocycles. The molecule has 0 spiro atoms. The van der Waals surface area contributed by atoms with Crippen molar-refractivity contribution in [3.05, 3.63) is 24.1 Å². The molecule has 5 heteroatoms. The second kappa shape index (κ2) is 5.63. The van der Waals surface area contributed by atoms with Gasteiger partial charge < -0.3 is 14.5 Å². The summed E-state index contributed by atoms with van der Waals surface area (Å²) in [6.07, 6.45) is 2.68. The molecule has 1 fully saturated rings. The standard InChI is InChI=1S/C15H18N2O3/c1-2-19-8-7-14(18)16-11-5-6-12-13(9-11)20-15(17-12)10-3-4-10/h5-6,9-10H,2-4,7-8H2,1H3,(H,16,18). The number of benzene rings is 1. The quantitative estimate of drug-likeness (QED) is 0.822. The van der Waals surface area contributed by atoms with Crippen LogP contribution < -0.4 is 5.32 Å². The summed E-state index contributed by atoms with van der Waals surface area (Å²) in [5.74, 6) is 1.26. The average molecular weight is 274 g/mol. The molecule has 1 aliphatic carbocycles.